The van der Waals surface area contributed by atoms with Crippen molar-refractivity contribution >= 4 is 23.9 Å². The van der Waals surface area contributed by atoms with E-state index in [4.69, 9.17) is 14.2 Å². The third kappa shape index (κ3) is 6.84. The van der Waals surface area contributed by atoms with E-state index >= 15 is 0 Å². The Balaban J connectivity index is 2.49. The average molecular weight is 364 g/mol. The van der Waals surface area contributed by atoms with Gasteiger partial charge in [0.15, 0.2) is 24.7 Å². The summed E-state index contributed by atoms with van der Waals surface area (Å²) in [7, 11) is 4.41. The zero-order chi connectivity index (χ0) is 19.5. The molecule has 0 aromatic heterocycles. The molecule has 8 nitrogen and oxygen atoms in total. The molecule has 26 heavy (non-hydrogen) atoms. The topological polar surface area (TPSA) is 94.2 Å². The van der Waals surface area contributed by atoms with E-state index in [1.807, 2.05) is 25.1 Å². The van der Waals surface area contributed by atoms with Crippen LogP contribution >= 0.6 is 0 Å². The highest BCUT2D eigenvalue weighted by molar-refractivity contribution is 5.86. The summed E-state index contributed by atoms with van der Waals surface area (Å²) in [6, 6.07) is 5.28. The van der Waals surface area contributed by atoms with Crippen molar-refractivity contribution in [1.29, 1.82) is 0 Å². The molecule has 0 aliphatic carbocycles. The van der Waals surface area contributed by atoms with E-state index in [2.05, 4.69) is 5.32 Å². The highest BCUT2D eigenvalue weighted by Crippen LogP contribution is 2.28. The Morgan fingerprint density at radius 3 is 2.54 bits per heavy atom. The molecule has 0 saturated heterocycles. The summed E-state index contributed by atoms with van der Waals surface area (Å²) in [5, 5.41) is 2.40. The molecule has 0 saturated carbocycles. The number of ether oxygens (including phenoxy) is 3. The molecular formula is C18H24N2O6. The van der Waals surface area contributed by atoms with Crippen LogP contribution in [0.4, 0.5) is 0 Å². The first kappa shape index (κ1) is 21.0. The van der Waals surface area contributed by atoms with Crippen LogP contribution in [0.25, 0.3) is 6.08 Å². The van der Waals surface area contributed by atoms with Crippen LogP contribution in [0.3, 0.4) is 0 Å². The van der Waals surface area contributed by atoms with Crippen LogP contribution in [0.2, 0.25) is 0 Å². The second-order valence-corrected chi connectivity index (χ2v) is 5.28. The van der Waals surface area contributed by atoms with Gasteiger partial charge in [-0.3, -0.25) is 9.59 Å². The summed E-state index contributed by atoms with van der Waals surface area (Å²) in [5.74, 6) is -0.638. The van der Waals surface area contributed by atoms with Crippen LogP contribution in [0.15, 0.2) is 24.3 Å². The molecule has 0 heterocycles. The van der Waals surface area contributed by atoms with Crippen molar-refractivity contribution in [2.24, 2.45) is 0 Å². The summed E-state index contributed by atoms with van der Waals surface area (Å²) < 4.78 is 15.5. The minimum absolute atomic E-state index is 0.112. The van der Waals surface area contributed by atoms with Gasteiger partial charge in [-0.15, -0.1) is 0 Å². The molecule has 0 atom stereocenters. The van der Waals surface area contributed by atoms with Crippen molar-refractivity contribution in [3.63, 3.8) is 0 Å². The van der Waals surface area contributed by atoms with Crippen molar-refractivity contribution in [2.75, 3.05) is 41.0 Å². The van der Waals surface area contributed by atoms with Gasteiger partial charge in [-0.25, -0.2) is 4.79 Å². The fourth-order valence-electron chi connectivity index (χ4n) is 1.91. The third-order valence-corrected chi connectivity index (χ3v) is 3.33. The standard InChI is InChI=1S/C18H24N2O6/c1-5-6-13-7-8-14(15(9-13)24-4)25-12-18(23)26-11-17(22)20(3)10-16(21)19-2/h5-9H,10-12H2,1-4H3,(H,19,21)/b6-5+. The van der Waals surface area contributed by atoms with Crippen LogP contribution in [-0.4, -0.2) is 63.6 Å². The number of carbonyl (C=O) groups excluding carboxylic acids is 3. The maximum atomic E-state index is 11.8. The van der Waals surface area contributed by atoms with Gasteiger partial charge in [-0.1, -0.05) is 18.2 Å². The number of nitrogens with zero attached hydrogens (tertiary/aromatic N) is 1. The van der Waals surface area contributed by atoms with Crippen LogP contribution in [0.1, 0.15) is 12.5 Å². The Bertz CT molecular complexity index is 672. The van der Waals surface area contributed by atoms with E-state index < -0.39 is 18.5 Å². The fraction of sp³-hybridized carbons (Fsp3) is 0.389. The van der Waals surface area contributed by atoms with Gasteiger partial charge in [0, 0.05) is 14.1 Å². The Morgan fingerprint density at radius 1 is 1.19 bits per heavy atom. The number of benzene rings is 1. The van der Waals surface area contributed by atoms with E-state index in [-0.39, 0.29) is 19.1 Å². The van der Waals surface area contributed by atoms with Crippen molar-refractivity contribution in [2.45, 2.75) is 6.92 Å². The number of esters is 1. The van der Waals surface area contributed by atoms with E-state index in [0.717, 1.165) is 10.5 Å². The number of carbonyl (C=O) groups is 3. The second kappa shape index (κ2) is 10.8. The van der Waals surface area contributed by atoms with Gasteiger partial charge < -0.3 is 24.4 Å². The lowest BCUT2D eigenvalue weighted by Crippen LogP contribution is -2.39. The Hall–Kier alpha value is -3.03. The summed E-state index contributed by atoms with van der Waals surface area (Å²) in [5.41, 5.74) is 0.934. The number of rotatable bonds is 9. The average Bonchev–Trinajstić information content (AvgIpc) is 2.64. The molecule has 0 bridgehead atoms. The summed E-state index contributed by atoms with van der Waals surface area (Å²) in [6.45, 7) is 0.957. The normalized spacial score (nSPS) is 10.3. The van der Waals surface area contributed by atoms with Crippen molar-refractivity contribution in [3.8, 4) is 11.5 Å². The number of hydrogen-bond donors (Lipinski definition) is 1. The predicted molar refractivity (Wildman–Crippen MR) is 95.9 cm³/mol. The van der Waals surface area contributed by atoms with Gasteiger partial charge in [0.2, 0.25) is 5.91 Å². The molecule has 0 spiro atoms. The Labute approximate surface area is 152 Å². The number of allylic oxidation sites excluding steroid dienone is 1. The lowest BCUT2D eigenvalue weighted by Gasteiger charge is -2.16. The lowest BCUT2D eigenvalue weighted by atomic mass is 10.2. The first-order chi connectivity index (χ1) is 12.4. The lowest BCUT2D eigenvalue weighted by molar-refractivity contribution is -0.153. The highest BCUT2D eigenvalue weighted by atomic mass is 16.6. The molecule has 1 N–H and O–H groups in total. The van der Waals surface area contributed by atoms with Gasteiger partial charge in [-0.05, 0) is 24.6 Å². The maximum Gasteiger partial charge on any atom is 0.344 e. The zero-order valence-corrected chi connectivity index (χ0v) is 15.4. The van der Waals surface area contributed by atoms with E-state index in [1.165, 1.54) is 21.2 Å². The van der Waals surface area contributed by atoms with Crippen molar-refractivity contribution in [1.82, 2.24) is 10.2 Å². The molecule has 0 unspecified atom stereocenters. The molecule has 2 amide bonds. The summed E-state index contributed by atoms with van der Waals surface area (Å²) in [6.07, 6.45) is 3.80. The molecule has 0 aliphatic rings. The van der Waals surface area contributed by atoms with E-state index in [1.54, 1.807) is 12.1 Å². The number of methoxy groups -OCH3 is 1. The molecule has 0 radical (unpaired) electrons. The van der Waals surface area contributed by atoms with Gasteiger partial charge in [0.1, 0.15) is 0 Å². The first-order valence-electron chi connectivity index (χ1n) is 7.95. The number of hydrogen-bond acceptors (Lipinski definition) is 6. The van der Waals surface area contributed by atoms with Gasteiger partial charge in [0.05, 0.1) is 13.7 Å². The van der Waals surface area contributed by atoms with Crippen LogP contribution < -0.4 is 14.8 Å². The summed E-state index contributed by atoms with van der Waals surface area (Å²) in [4.78, 5) is 35.9. The van der Waals surface area contributed by atoms with Gasteiger partial charge in [0.25, 0.3) is 5.91 Å². The summed E-state index contributed by atoms with van der Waals surface area (Å²) >= 11 is 0. The van der Waals surface area contributed by atoms with Crippen LogP contribution in [0.5, 0.6) is 11.5 Å². The van der Waals surface area contributed by atoms with E-state index in [0.29, 0.717) is 11.5 Å². The molecule has 0 aliphatic heterocycles. The quantitative estimate of drug-likeness (QED) is 0.653. The molecule has 0 fully saturated rings. The first-order valence-corrected chi connectivity index (χ1v) is 7.95. The van der Waals surface area contributed by atoms with Gasteiger partial charge in [-0.2, -0.15) is 0 Å². The van der Waals surface area contributed by atoms with Crippen LogP contribution in [0, 0.1) is 0 Å². The monoisotopic (exact) mass is 364 g/mol. The highest BCUT2D eigenvalue weighted by Gasteiger charge is 2.15. The predicted octanol–water partition coefficient (Wildman–Crippen LogP) is 0.855. The smallest absolute Gasteiger partial charge is 0.344 e. The zero-order valence-electron chi connectivity index (χ0n) is 15.4. The second-order valence-electron chi connectivity index (χ2n) is 5.28. The van der Waals surface area contributed by atoms with Crippen molar-refractivity contribution in [3.05, 3.63) is 29.8 Å². The van der Waals surface area contributed by atoms with Crippen LogP contribution in [-0.2, 0) is 19.1 Å². The molecule has 8 heteroatoms. The SMILES string of the molecule is C/C=C/c1ccc(OCC(=O)OCC(=O)N(C)CC(=O)NC)c(OC)c1. The number of likely N-dealkylation sites (N-methyl/N-ethyl adjacent to an activating group) is 2. The van der Waals surface area contributed by atoms with E-state index in [9.17, 15) is 14.4 Å². The van der Waals surface area contributed by atoms with Crippen molar-refractivity contribution < 1.29 is 28.6 Å². The maximum absolute atomic E-state index is 11.8. The number of amides is 2. The minimum atomic E-state index is -0.703. The largest absolute Gasteiger partial charge is 0.493 e. The Morgan fingerprint density at radius 2 is 1.92 bits per heavy atom. The molecule has 142 valence electrons. The Kier molecular flexibility index (Phi) is 8.69. The fourth-order valence-corrected chi connectivity index (χ4v) is 1.91. The third-order valence-electron chi connectivity index (χ3n) is 3.33. The molecule has 1 rings (SSSR count). The number of nitrogens with one attached hydrogen (secondary N) is 1. The molecule has 1 aromatic rings. The molecular weight excluding hydrogens is 340 g/mol. The van der Waals surface area contributed by atoms with Gasteiger partial charge >= 0.3 is 5.97 Å². The molecule has 1 aromatic carbocycles. The minimum Gasteiger partial charge on any atom is -0.493 e.